The molecule has 0 saturated heterocycles. The van der Waals surface area contributed by atoms with Crippen LogP contribution in [0.3, 0.4) is 0 Å². The van der Waals surface area contributed by atoms with Gasteiger partial charge in [-0.05, 0) is 30.3 Å². The molecule has 0 aliphatic carbocycles. The fraction of sp³-hybridized carbons (Fsp3) is 0.150. The van der Waals surface area contributed by atoms with E-state index in [4.69, 9.17) is 21.1 Å². The Morgan fingerprint density at radius 3 is 2.34 bits per heavy atom. The Morgan fingerprint density at radius 2 is 1.72 bits per heavy atom. The summed E-state index contributed by atoms with van der Waals surface area (Å²) in [5.74, 6) is -6.03. The van der Waals surface area contributed by atoms with E-state index in [0.29, 0.717) is 10.1 Å². The number of hydrogen-bond acceptors (Lipinski definition) is 5. The summed E-state index contributed by atoms with van der Waals surface area (Å²) in [6.45, 7) is -0.590. The highest BCUT2D eigenvalue weighted by Gasteiger charge is 2.35. The lowest BCUT2D eigenvalue weighted by atomic mass is 10.2. The summed E-state index contributed by atoms with van der Waals surface area (Å²) in [5.41, 5.74) is 0.204. The minimum Gasteiger partial charge on any atom is -0.497 e. The van der Waals surface area contributed by atoms with Crippen LogP contribution < -0.4 is 13.8 Å². The van der Waals surface area contributed by atoms with Crippen LogP contribution in [-0.4, -0.2) is 27.6 Å². The first-order chi connectivity index (χ1) is 15.1. The van der Waals surface area contributed by atoms with Gasteiger partial charge in [-0.25, -0.2) is 30.9 Å². The second-order valence-corrected chi connectivity index (χ2v) is 8.48. The number of methoxy groups -OCH3 is 2. The van der Waals surface area contributed by atoms with Crippen LogP contribution in [0, 0.1) is 23.4 Å². The van der Waals surface area contributed by atoms with E-state index in [1.807, 2.05) is 0 Å². The molecule has 0 saturated carbocycles. The first kappa shape index (κ1) is 23.6. The molecule has 2 aromatic carbocycles. The fourth-order valence-electron chi connectivity index (χ4n) is 2.88. The van der Waals surface area contributed by atoms with Crippen molar-refractivity contribution in [3.8, 4) is 11.5 Å². The minimum absolute atomic E-state index is 0.140. The number of aromatic nitrogens is 1. The molecule has 12 heteroatoms. The average molecular weight is 491 g/mol. The Bertz CT molecular complexity index is 1270. The zero-order valence-electron chi connectivity index (χ0n) is 16.6. The van der Waals surface area contributed by atoms with Gasteiger partial charge in [0, 0.05) is 11.6 Å². The van der Waals surface area contributed by atoms with Crippen LogP contribution in [0.5, 0.6) is 11.5 Å². The molecule has 170 valence electrons. The van der Waals surface area contributed by atoms with Crippen molar-refractivity contribution in [3.05, 3.63) is 76.5 Å². The minimum atomic E-state index is -5.11. The monoisotopic (exact) mass is 490 g/mol. The van der Waals surface area contributed by atoms with Crippen molar-refractivity contribution in [3.63, 3.8) is 0 Å². The number of hydrogen-bond donors (Lipinski definition) is 0. The lowest BCUT2D eigenvalue weighted by Gasteiger charge is -2.25. The molecule has 0 radical (unpaired) electrons. The zero-order valence-corrected chi connectivity index (χ0v) is 18.1. The topological polar surface area (TPSA) is 68.7 Å². The molecule has 0 aliphatic rings. The number of sulfonamides is 1. The van der Waals surface area contributed by atoms with Crippen molar-refractivity contribution in [2.24, 2.45) is 0 Å². The van der Waals surface area contributed by atoms with E-state index < -0.39 is 55.7 Å². The van der Waals surface area contributed by atoms with Crippen molar-refractivity contribution < 1.29 is 35.5 Å². The van der Waals surface area contributed by atoms with Crippen molar-refractivity contribution >= 4 is 27.4 Å². The second kappa shape index (κ2) is 9.21. The molecule has 32 heavy (non-hydrogen) atoms. The first-order valence-electron chi connectivity index (χ1n) is 8.79. The molecule has 0 atom stereocenters. The van der Waals surface area contributed by atoms with Crippen LogP contribution >= 0.6 is 11.6 Å². The van der Waals surface area contributed by atoms with Gasteiger partial charge in [0.05, 0.1) is 20.8 Å². The van der Waals surface area contributed by atoms with Crippen LogP contribution in [0.1, 0.15) is 5.56 Å². The largest absolute Gasteiger partial charge is 0.497 e. The summed E-state index contributed by atoms with van der Waals surface area (Å²) in [6, 6.07) is 7.82. The molecule has 0 fully saturated rings. The van der Waals surface area contributed by atoms with Gasteiger partial charge in [0.2, 0.25) is 5.95 Å². The fourth-order valence-corrected chi connectivity index (χ4v) is 4.60. The predicted octanol–water partition coefficient (Wildman–Crippen LogP) is 4.70. The maximum absolute atomic E-state index is 14.6. The molecular weight excluding hydrogens is 476 g/mol. The number of anilines is 1. The summed E-state index contributed by atoms with van der Waals surface area (Å²) in [7, 11) is -2.41. The number of nitrogens with zero attached hydrogens (tertiary/aromatic N) is 2. The van der Waals surface area contributed by atoms with Crippen molar-refractivity contribution in [2.75, 3.05) is 18.5 Å². The van der Waals surface area contributed by atoms with Gasteiger partial charge in [-0.15, -0.1) is 0 Å². The van der Waals surface area contributed by atoms with Crippen molar-refractivity contribution in [2.45, 2.75) is 11.4 Å². The Balaban J connectivity index is 2.25. The van der Waals surface area contributed by atoms with Crippen LogP contribution in [0.2, 0.25) is 5.02 Å². The van der Waals surface area contributed by atoms with E-state index in [2.05, 4.69) is 4.98 Å². The summed E-state index contributed by atoms with van der Waals surface area (Å²) in [5, 5.41) is -1.21. The van der Waals surface area contributed by atoms with Crippen LogP contribution in [-0.2, 0) is 16.6 Å². The zero-order chi connectivity index (χ0) is 23.6. The molecule has 0 amide bonds. The molecule has 6 nitrogen and oxygen atoms in total. The maximum atomic E-state index is 14.6. The molecule has 0 unspecified atom stereocenters. The first-order valence-corrected chi connectivity index (χ1v) is 10.6. The summed E-state index contributed by atoms with van der Waals surface area (Å²) >= 11 is 5.47. The van der Waals surface area contributed by atoms with E-state index in [0.717, 1.165) is 18.2 Å². The molecule has 0 aliphatic heterocycles. The molecule has 0 bridgehead atoms. The van der Waals surface area contributed by atoms with Gasteiger partial charge in [-0.3, -0.25) is 0 Å². The third-order valence-corrected chi connectivity index (χ3v) is 6.51. The van der Waals surface area contributed by atoms with Gasteiger partial charge in [0.25, 0.3) is 10.0 Å². The Hall–Kier alpha value is -3.05. The number of halogens is 5. The highest BCUT2D eigenvalue weighted by Crippen LogP contribution is 2.34. The van der Waals surface area contributed by atoms with Crippen molar-refractivity contribution in [1.82, 2.24) is 4.98 Å². The molecule has 0 spiro atoms. The van der Waals surface area contributed by atoms with Gasteiger partial charge >= 0.3 is 0 Å². The SMILES string of the molecule is COc1ccc(OC)c(CN(c2cccc(F)n2)S(=O)(=O)c2c(F)cc(F)c(Cl)c2F)c1. The van der Waals surface area contributed by atoms with Gasteiger partial charge < -0.3 is 9.47 Å². The maximum Gasteiger partial charge on any atom is 0.271 e. The molecular formula is C20H15ClF4N2O4S. The third-order valence-electron chi connectivity index (χ3n) is 4.38. The Kier molecular flexibility index (Phi) is 6.79. The molecule has 1 heterocycles. The van der Waals surface area contributed by atoms with E-state index in [-0.39, 0.29) is 17.4 Å². The Morgan fingerprint density at radius 1 is 1.00 bits per heavy atom. The lowest BCUT2D eigenvalue weighted by molar-refractivity contribution is 0.399. The standard InChI is InChI=1S/C20H15ClF4N2O4S/c1-30-12-6-7-15(31-2)11(8-12)10-27(17-5-3-4-16(24)26-17)32(28,29)20-14(23)9-13(22)18(21)19(20)25/h3-9H,10H2,1-2H3. The number of pyridine rings is 1. The molecule has 0 N–H and O–H groups in total. The highest BCUT2D eigenvalue weighted by molar-refractivity contribution is 7.92. The number of rotatable bonds is 7. The predicted molar refractivity (Wildman–Crippen MR) is 108 cm³/mol. The molecule has 3 rings (SSSR count). The number of ether oxygens (including phenoxy) is 2. The molecule has 3 aromatic rings. The number of benzene rings is 2. The highest BCUT2D eigenvalue weighted by atomic mass is 35.5. The van der Waals surface area contributed by atoms with Crippen LogP contribution in [0.25, 0.3) is 0 Å². The van der Waals surface area contributed by atoms with Gasteiger partial charge in [0.1, 0.15) is 34.0 Å². The van der Waals surface area contributed by atoms with E-state index in [1.165, 1.54) is 26.4 Å². The van der Waals surface area contributed by atoms with E-state index in [9.17, 15) is 26.0 Å². The van der Waals surface area contributed by atoms with Gasteiger partial charge in [0.15, 0.2) is 10.7 Å². The van der Waals surface area contributed by atoms with E-state index in [1.54, 1.807) is 6.07 Å². The van der Waals surface area contributed by atoms with Gasteiger partial charge in [-0.2, -0.15) is 4.39 Å². The lowest BCUT2D eigenvalue weighted by Crippen LogP contribution is -2.33. The summed E-state index contributed by atoms with van der Waals surface area (Å²) in [4.78, 5) is 2.00. The second-order valence-electron chi connectivity index (χ2n) is 6.31. The quantitative estimate of drug-likeness (QED) is 0.208. The van der Waals surface area contributed by atoms with Crippen LogP contribution in [0.4, 0.5) is 23.4 Å². The smallest absolute Gasteiger partial charge is 0.271 e. The van der Waals surface area contributed by atoms with Crippen LogP contribution in [0.15, 0.2) is 47.4 Å². The Labute approximate surface area is 186 Å². The average Bonchev–Trinajstić information content (AvgIpc) is 2.75. The molecule has 1 aromatic heterocycles. The summed E-state index contributed by atoms with van der Waals surface area (Å²) in [6.07, 6.45) is 0. The van der Waals surface area contributed by atoms with E-state index >= 15 is 0 Å². The van der Waals surface area contributed by atoms with Gasteiger partial charge in [-0.1, -0.05) is 17.7 Å². The normalized spacial score (nSPS) is 11.3. The summed E-state index contributed by atoms with van der Waals surface area (Å²) < 4.78 is 93.9. The van der Waals surface area contributed by atoms with Crippen molar-refractivity contribution in [1.29, 1.82) is 0 Å². The third kappa shape index (κ3) is 4.44.